The summed E-state index contributed by atoms with van der Waals surface area (Å²) in [6.45, 7) is 42.2. The van der Waals surface area contributed by atoms with Gasteiger partial charge in [0, 0.05) is 0 Å². The Hall–Kier alpha value is 2.35. The van der Waals surface area contributed by atoms with Gasteiger partial charge in [0.1, 0.15) is 0 Å². The number of hydrogen-bond donors (Lipinski definition) is 0. The van der Waals surface area contributed by atoms with Crippen molar-refractivity contribution in [3.8, 4) is 0 Å². The first-order chi connectivity index (χ1) is 22.0. The van der Waals surface area contributed by atoms with Crippen molar-refractivity contribution in [2.24, 2.45) is 53.3 Å². The van der Waals surface area contributed by atoms with Crippen LogP contribution in [0.3, 0.4) is 0 Å². The molecule has 48 heavy (non-hydrogen) atoms. The molecule has 0 atom stereocenters. The summed E-state index contributed by atoms with van der Waals surface area (Å²) in [5.74, 6) is 5.09. The van der Waals surface area contributed by atoms with Crippen LogP contribution in [0.25, 0.3) is 0 Å². The summed E-state index contributed by atoms with van der Waals surface area (Å²) in [5.41, 5.74) is 0. The van der Waals surface area contributed by atoms with Crippen LogP contribution in [-0.4, -0.2) is 78.3 Å². The van der Waals surface area contributed by atoms with E-state index in [9.17, 15) is 0 Å². The average Bonchev–Trinajstić information content (AvgIpc) is 2.78. The molecule has 1 aliphatic heterocycles. The van der Waals surface area contributed by atoms with E-state index >= 15 is 0 Å². The fraction of sp³-hybridized carbons (Fsp3) is 1.00. The molecule has 0 radical (unpaired) electrons. The Balaban J connectivity index is 3.76. The van der Waals surface area contributed by atoms with E-state index in [1.165, 1.54) is 0 Å². The molecule has 0 amide bonds. The SMILES string of the molecule is CC(C)[CH2][Sn]([CH2]C(C)C)([CH2]C(C)C)[O]B1OB([O][Sn]([CH2]C(C)C)([CH2]C(C)C)[CH2]C(C)C)OB([O][Sn]([CH2]C(C)C)([CH2]C(C)C)[CH2]C(C)C)O1. The van der Waals surface area contributed by atoms with Crippen molar-refractivity contribution in [3.63, 3.8) is 0 Å². The van der Waals surface area contributed by atoms with Gasteiger partial charge in [0.05, 0.1) is 0 Å². The Kier molecular flexibility index (Phi) is 22.8. The summed E-state index contributed by atoms with van der Waals surface area (Å²) in [7, 11) is -2.45. The summed E-state index contributed by atoms with van der Waals surface area (Å²) < 4.78 is 52.7. The van der Waals surface area contributed by atoms with Crippen molar-refractivity contribution in [2.75, 3.05) is 0 Å². The third kappa shape index (κ3) is 19.6. The molecule has 0 aromatic heterocycles. The van der Waals surface area contributed by atoms with Gasteiger partial charge in [0.25, 0.3) is 0 Å². The third-order valence-electron chi connectivity index (χ3n) is 8.73. The average molecular weight is 999 g/mol. The molecular weight excluding hydrogens is 917 g/mol. The van der Waals surface area contributed by atoms with Gasteiger partial charge in [-0.1, -0.05) is 0 Å². The summed E-state index contributed by atoms with van der Waals surface area (Å²) >= 11 is -9.80. The van der Waals surface area contributed by atoms with Gasteiger partial charge in [-0.25, -0.2) is 0 Å². The predicted molar refractivity (Wildman–Crippen MR) is 218 cm³/mol. The van der Waals surface area contributed by atoms with Crippen molar-refractivity contribution >= 4 is 78.3 Å². The second-order valence-electron chi connectivity index (χ2n) is 19.6. The molecule has 0 N–H and O–H groups in total. The van der Waals surface area contributed by atoms with Crippen molar-refractivity contribution in [2.45, 2.75) is 165 Å². The van der Waals surface area contributed by atoms with Crippen molar-refractivity contribution < 1.29 is 22.7 Å². The summed E-state index contributed by atoms with van der Waals surface area (Å²) in [6.07, 6.45) is 0. The normalized spacial score (nSPS) is 15.9. The maximum atomic E-state index is 7.36. The topological polar surface area (TPSA) is 55.4 Å². The minimum atomic E-state index is -3.27. The molecule has 0 aliphatic carbocycles. The van der Waals surface area contributed by atoms with Crippen LogP contribution in [0.15, 0.2) is 0 Å². The molecule has 0 aromatic carbocycles. The molecule has 0 unspecified atom stereocenters. The zero-order chi connectivity index (χ0) is 37.0. The third-order valence-corrected chi connectivity index (χ3v) is 54.7. The van der Waals surface area contributed by atoms with Gasteiger partial charge in [-0.15, -0.1) is 0 Å². The molecule has 1 saturated heterocycles. The molecule has 12 heteroatoms. The quantitative estimate of drug-likeness (QED) is 0.0898. The Morgan fingerprint density at radius 2 is 0.417 bits per heavy atom. The van der Waals surface area contributed by atoms with E-state index in [1.54, 1.807) is 0 Å². The molecule has 1 aliphatic rings. The van der Waals surface area contributed by atoms with Crippen LogP contribution >= 0.6 is 0 Å². The summed E-state index contributed by atoms with van der Waals surface area (Å²) in [6, 6.07) is 0. The second kappa shape index (κ2) is 22.7. The summed E-state index contributed by atoms with van der Waals surface area (Å²) in [4.78, 5) is 0. The molecule has 282 valence electrons. The fourth-order valence-corrected chi connectivity index (χ4v) is 58.4. The maximum absolute atomic E-state index is 7.36. The van der Waals surface area contributed by atoms with Crippen LogP contribution < -0.4 is 0 Å². The molecule has 1 rings (SSSR count). The van der Waals surface area contributed by atoms with Crippen LogP contribution in [0.2, 0.25) is 39.9 Å². The molecule has 0 spiro atoms. The predicted octanol–water partition coefficient (Wildman–Crippen LogP) is 11.8. The second-order valence-corrected chi connectivity index (χ2v) is 52.3. The van der Waals surface area contributed by atoms with Crippen LogP contribution in [0.5, 0.6) is 0 Å². The van der Waals surface area contributed by atoms with Crippen LogP contribution in [-0.2, 0) is 22.7 Å². The molecule has 1 heterocycles. The monoisotopic (exact) mass is 1000 g/mol. The van der Waals surface area contributed by atoms with Gasteiger partial charge >= 0.3 is 319 Å². The summed E-state index contributed by atoms with van der Waals surface area (Å²) in [5, 5.41) is 0. The minimum absolute atomic E-state index is 0.566. The van der Waals surface area contributed by atoms with Gasteiger partial charge in [0.2, 0.25) is 0 Å². The van der Waals surface area contributed by atoms with Gasteiger partial charge in [-0.2, -0.15) is 0 Å². The molecular formula is C36H81B3O6Sn3. The van der Waals surface area contributed by atoms with E-state index in [0.717, 1.165) is 39.9 Å². The first-order valence-corrected chi connectivity index (χ1v) is 41.6. The van der Waals surface area contributed by atoms with Gasteiger partial charge in [-0.3, -0.25) is 0 Å². The Morgan fingerprint density at radius 1 is 0.292 bits per heavy atom. The Labute approximate surface area is 315 Å². The molecule has 0 saturated carbocycles. The van der Waals surface area contributed by atoms with E-state index < -0.39 is 78.3 Å². The van der Waals surface area contributed by atoms with Crippen LogP contribution in [0.4, 0.5) is 0 Å². The molecule has 0 aromatic rings. The van der Waals surface area contributed by atoms with E-state index in [0.29, 0.717) is 53.3 Å². The van der Waals surface area contributed by atoms with Gasteiger partial charge in [-0.05, 0) is 0 Å². The van der Waals surface area contributed by atoms with E-state index in [-0.39, 0.29) is 0 Å². The van der Waals surface area contributed by atoms with E-state index in [4.69, 9.17) is 22.7 Å². The first kappa shape index (κ1) is 48.4. The zero-order valence-electron chi connectivity index (χ0n) is 35.2. The number of rotatable bonds is 24. The van der Waals surface area contributed by atoms with E-state index in [2.05, 4.69) is 125 Å². The van der Waals surface area contributed by atoms with Crippen molar-refractivity contribution in [3.05, 3.63) is 0 Å². The molecule has 1 fully saturated rings. The Morgan fingerprint density at radius 3 is 0.521 bits per heavy atom. The Bertz CT molecular complexity index is 681. The van der Waals surface area contributed by atoms with Crippen LogP contribution in [0, 0.1) is 53.3 Å². The number of hydrogen-bond acceptors (Lipinski definition) is 6. The van der Waals surface area contributed by atoms with Crippen molar-refractivity contribution in [1.29, 1.82) is 0 Å². The molecule has 6 nitrogen and oxygen atoms in total. The fourth-order valence-electron chi connectivity index (χ4n) is 9.03. The van der Waals surface area contributed by atoms with Crippen molar-refractivity contribution in [1.82, 2.24) is 0 Å². The zero-order valence-corrected chi connectivity index (χ0v) is 43.8. The molecule has 0 bridgehead atoms. The first-order valence-electron chi connectivity index (χ1n) is 20.0. The van der Waals surface area contributed by atoms with Gasteiger partial charge < -0.3 is 0 Å². The van der Waals surface area contributed by atoms with E-state index in [1.807, 2.05) is 0 Å². The standard InChI is InChI=1S/9C4H9.B3O6.3Sn/c9*1-4(2)3;4-1-7-2(5)9-3(6)8-1;;;/h9*4H,1H2,2-3H3;;;;/q;;;;;;;;;-3;3*+1. The van der Waals surface area contributed by atoms with Crippen LogP contribution in [0.1, 0.15) is 125 Å². The van der Waals surface area contributed by atoms with Gasteiger partial charge in [0.15, 0.2) is 0 Å².